The number of amides is 1. The van der Waals surface area contributed by atoms with Crippen molar-refractivity contribution < 1.29 is 9.53 Å². The summed E-state index contributed by atoms with van der Waals surface area (Å²) in [4.78, 5) is 12.8. The van der Waals surface area contributed by atoms with E-state index in [1.165, 1.54) is 0 Å². The standard InChI is InChI=1S/C24H23N3O2/c1-17(19-8-4-3-5-9-19)26-24(28)20-11-12-21-15-25-27(23(21)14-20)16-18-7-6-10-22(13-18)29-2/h3-15,17H,16H2,1-2H3,(H,26,28)/t17-/m1/s1. The number of benzene rings is 3. The maximum Gasteiger partial charge on any atom is 0.251 e. The highest BCUT2D eigenvalue weighted by atomic mass is 16.5. The largest absolute Gasteiger partial charge is 0.497 e. The Morgan fingerprint density at radius 2 is 1.90 bits per heavy atom. The molecule has 0 saturated heterocycles. The molecule has 0 aliphatic rings. The van der Waals surface area contributed by atoms with Crippen LogP contribution in [0.4, 0.5) is 0 Å². The van der Waals surface area contributed by atoms with Crippen LogP contribution in [-0.2, 0) is 6.54 Å². The third-order valence-corrected chi connectivity index (χ3v) is 5.02. The summed E-state index contributed by atoms with van der Waals surface area (Å²) in [5, 5.41) is 8.57. The van der Waals surface area contributed by atoms with Crippen LogP contribution in [-0.4, -0.2) is 22.8 Å². The zero-order valence-electron chi connectivity index (χ0n) is 16.5. The Balaban J connectivity index is 1.57. The molecule has 0 spiro atoms. The highest BCUT2D eigenvalue weighted by molar-refractivity contribution is 5.98. The lowest BCUT2D eigenvalue weighted by Crippen LogP contribution is -2.26. The molecule has 3 aromatic carbocycles. The first-order valence-corrected chi connectivity index (χ1v) is 9.58. The molecule has 0 saturated carbocycles. The smallest absolute Gasteiger partial charge is 0.251 e. The van der Waals surface area contributed by atoms with E-state index < -0.39 is 0 Å². The highest BCUT2D eigenvalue weighted by Crippen LogP contribution is 2.20. The minimum Gasteiger partial charge on any atom is -0.497 e. The average molecular weight is 385 g/mol. The Bertz CT molecular complexity index is 1140. The predicted molar refractivity (Wildman–Crippen MR) is 114 cm³/mol. The highest BCUT2D eigenvalue weighted by Gasteiger charge is 2.13. The molecule has 29 heavy (non-hydrogen) atoms. The number of carbonyl (C=O) groups is 1. The van der Waals surface area contributed by atoms with E-state index in [2.05, 4.69) is 10.4 Å². The van der Waals surface area contributed by atoms with Gasteiger partial charge in [0, 0.05) is 10.9 Å². The van der Waals surface area contributed by atoms with Crippen LogP contribution in [0, 0.1) is 0 Å². The van der Waals surface area contributed by atoms with Crippen LogP contribution in [0.3, 0.4) is 0 Å². The van der Waals surface area contributed by atoms with Gasteiger partial charge in [0.1, 0.15) is 5.75 Å². The summed E-state index contributed by atoms with van der Waals surface area (Å²) in [6, 6.07) is 23.5. The topological polar surface area (TPSA) is 56.2 Å². The minimum atomic E-state index is -0.0996. The van der Waals surface area contributed by atoms with Crippen molar-refractivity contribution in [3.63, 3.8) is 0 Å². The van der Waals surface area contributed by atoms with Crippen LogP contribution in [0.2, 0.25) is 0 Å². The molecular formula is C24H23N3O2. The van der Waals surface area contributed by atoms with E-state index in [-0.39, 0.29) is 11.9 Å². The van der Waals surface area contributed by atoms with Gasteiger partial charge in [-0.1, -0.05) is 48.5 Å². The van der Waals surface area contributed by atoms with E-state index in [1.54, 1.807) is 7.11 Å². The summed E-state index contributed by atoms with van der Waals surface area (Å²) < 4.78 is 7.21. The fourth-order valence-electron chi connectivity index (χ4n) is 3.39. The lowest BCUT2D eigenvalue weighted by Gasteiger charge is -2.14. The first-order chi connectivity index (χ1) is 14.1. The number of rotatable bonds is 6. The van der Waals surface area contributed by atoms with Crippen LogP contribution < -0.4 is 10.1 Å². The van der Waals surface area contributed by atoms with Crippen LogP contribution in [0.15, 0.2) is 79.0 Å². The Morgan fingerprint density at radius 1 is 1.07 bits per heavy atom. The van der Waals surface area contributed by atoms with Gasteiger partial charge in [0.2, 0.25) is 0 Å². The van der Waals surface area contributed by atoms with E-state index >= 15 is 0 Å². The molecule has 1 atom stereocenters. The Labute approximate surface area is 169 Å². The number of fused-ring (bicyclic) bond motifs is 1. The second-order valence-corrected chi connectivity index (χ2v) is 7.03. The summed E-state index contributed by atoms with van der Waals surface area (Å²) in [7, 11) is 1.66. The molecule has 146 valence electrons. The molecule has 4 aromatic rings. The zero-order valence-corrected chi connectivity index (χ0v) is 16.5. The SMILES string of the molecule is COc1cccc(Cn2ncc3ccc(C(=O)N[C@H](C)c4ccccc4)cc32)c1. The van der Waals surface area contributed by atoms with Gasteiger partial charge >= 0.3 is 0 Å². The monoisotopic (exact) mass is 385 g/mol. The van der Waals surface area contributed by atoms with Crippen LogP contribution in [0.5, 0.6) is 5.75 Å². The molecule has 4 rings (SSSR count). The lowest BCUT2D eigenvalue weighted by atomic mass is 10.1. The number of carbonyl (C=O) groups excluding carboxylic acids is 1. The van der Waals surface area contributed by atoms with Crippen molar-refractivity contribution in [1.29, 1.82) is 0 Å². The summed E-state index contributed by atoms with van der Waals surface area (Å²) in [5.41, 5.74) is 3.70. The van der Waals surface area contributed by atoms with Crippen molar-refractivity contribution in [2.75, 3.05) is 7.11 Å². The van der Waals surface area contributed by atoms with Crippen molar-refractivity contribution in [3.05, 3.63) is 95.7 Å². The van der Waals surface area contributed by atoms with Gasteiger partial charge in [0.15, 0.2) is 0 Å². The number of ether oxygens (including phenoxy) is 1. The Morgan fingerprint density at radius 3 is 2.69 bits per heavy atom. The first kappa shape index (κ1) is 18.7. The van der Waals surface area contributed by atoms with Gasteiger partial charge in [-0.05, 0) is 42.3 Å². The van der Waals surface area contributed by atoms with Crippen molar-refractivity contribution in [3.8, 4) is 5.75 Å². The fraction of sp³-hybridized carbons (Fsp3) is 0.167. The molecule has 1 heterocycles. The number of hydrogen-bond acceptors (Lipinski definition) is 3. The quantitative estimate of drug-likeness (QED) is 0.528. The predicted octanol–water partition coefficient (Wildman–Crippen LogP) is 4.58. The van der Waals surface area contributed by atoms with Crippen molar-refractivity contribution in [1.82, 2.24) is 15.1 Å². The summed E-state index contributed by atoms with van der Waals surface area (Å²) in [6.07, 6.45) is 1.82. The molecule has 0 aliphatic carbocycles. The van der Waals surface area contributed by atoms with Crippen LogP contribution in [0.1, 0.15) is 34.5 Å². The lowest BCUT2D eigenvalue weighted by molar-refractivity contribution is 0.0940. The Kier molecular flexibility index (Phi) is 5.29. The van der Waals surface area contributed by atoms with Gasteiger partial charge in [-0.15, -0.1) is 0 Å². The van der Waals surface area contributed by atoms with Crippen LogP contribution in [0.25, 0.3) is 10.9 Å². The normalized spacial score (nSPS) is 11.9. The molecule has 0 radical (unpaired) electrons. The van der Waals surface area contributed by atoms with Gasteiger partial charge in [-0.2, -0.15) is 5.10 Å². The second kappa shape index (κ2) is 8.19. The van der Waals surface area contributed by atoms with Crippen molar-refractivity contribution >= 4 is 16.8 Å². The molecule has 0 aliphatic heterocycles. The summed E-state index contributed by atoms with van der Waals surface area (Å²) in [5.74, 6) is 0.714. The molecular weight excluding hydrogens is 362 g/mol. The molecule has 1 N–H and O–H groups in total. The maximum absolute atomic E-state index is 12.8. The van der Waals surface area contributed by atoms with Gasteiger partial charge < -0.3 is 10.1 Å². The first-order valence-electron chi connectivity index (χ1n) is 9.58. The number of hydrogen-bond donors (Lipinski definition) is 1. The molecule has 1 aromatic heterocycles. The van der Waals surface area contributed by atoms with E-state index in [0.29, 0.717) is 12.1 Å². The third-order valence-electron chi connectivity index (χ3n) is 5.02. The maximum atomic E-state index is 12.8. The third kappa shape index (κ3) is 4.14. The van der Waals surface area contributed by atoms with Gasteiger partial charge in [0.25, 0.3) is 5.91 Å². The number of methoxy groups -OCH3 is 1. The number of nitrogens with zero attached hydrogens (tertiary/aromatic N) is 2. The van der Waals surface area contributed by atoms with Gasteiger partial charge in [0.05, 0.1) is 31.4 Å². The van der Waals surface area contributed by atoms with E-state index in [9.17, 15) is 4.79 Å². The second-order valence-electron chi connectivity index (χ2n) is 7.03. The molecule has 1 amide bonds. The molecule has 0 fully saturated rings. The van der Waals surface area contributed by atoms with Crippen molar-refractivity contribution in [2.24, 2.45) is 0 Å². The minimum absolute atomic E-state index is 0.0684. The molecule has 5 nitrogen and oxygen atoms in total. The molecule has 5 heteroatoms. The fourth-order valence-corrected chi connectivity index (χ4v) is 3.39. The average Bonchev–Trinajstić information content (AvgIpc) is 3.16. The number of nitrogens with one attached hydrogen (secondary N) is 1. The molecule has 0 unspecified atom stereocenters. The Hall–Kier alpha value is -3.60. The van der Waals surface area contributed by atoms with Gasteiger partial charge in [-0.3, -0.25) is 9.48 Å². The summed E-state index contributed by atoms with van der Waals surface area (Å²) in [6.45, 7) is 2.59. The summed E-state index contributed by atoms with van der Waals surface area (Å²) >= 11 is 0. The van der Waals surface area contributed by atoms with E-state index in [0.717, 1.165) is 27.8 Å². The zero-order chi connectivity index (χ0) is 20.2. The van der Waals surface area contributed by atoms with E-state index in [1.807, 2.05) is 90.6 Å². The number of aromatic nitrogens is 2. The molecule has 0 bridgehead atoms. The van der Waals surface area contributed by atoms with Crippen molar-refractivity contribution in [2.45, 2.75) is 19.5 Å². The van der Waals surface area contributed by atoms with Gasteiger partial charge in [-0.25, -0.2) is 0 Å². The van der Waals surface area contributed by atoms with Crippen LogP contribution >= 0.6 is 0 Å². The van der Waals surface area contributed by atoms with E-state index in [4.69, 9.17) is 4.74 Å².